The van der Waals surface area contributed by atoms with E-state index in [2.05, 4.69) is 10.1 Å². The summed E-state index contributed by atoms with van der Waals surface area (Å²) in [5.74, 6) is 2.18. The van der Waals surface area contributed by atoms with Gasteiger partial charge in [-0.05, 0) is 54.5 Å². The Kier molecular flexibility index (Phi) is 5.92. The number of rotatable bonds is 6. The van der Waals surface area contributed by atoms with Crippen molar-refractivity contribution in [1.29, 1.82) is 0 Å². The predicted molar refractivity (Wildman–Crippen MR) is 108 cm³/mol. The molecule has 28 heavy (non-hydrogen) atoms. The van der Waals surface area contributed by atoms with Gasteiger partial charge in [-0.25, -0.2) is 0 Å². The van der Waals surface area contributed by atoms with E-state index in [-0.39, 0.29) is 12.5 Å². The minimum absolute atomic E-state index is 0.0101. The maximum absolute atomic E-state index is 12.5. The van der Waals surface area contributed by atoms with Crippen molar-refractivity contribution in [2.24, 2.45) is 5.92 Å². The second kappa shape index (κ2) is 8.75. The van der Waals surface area contributed by atoms with Crippen LogP contribution in [0, 0.1) is 5.92 Å². The lowest BCUT2D eigenvalue weighted by Gasteiger charge is -2.32. The van der Waals surface area contributed by atoms with Crippen LogP contribution in [0.5, 0.6) is 5.75 Å². The second-order valence-electron chi connectivity index (χ2n) is 6.82. The van der Waals surface area contributed by atoms with Crippen molar-refractivity contribution >= 4 is 28.8 Å². The van der Waals surface area contributed by atoms with Gasteiger partial charge in [0, 0.05) is 35.5 Å². The van der Waals surface area contributed by atoms with Gasteiger partial charge in [0.05, 0.1) is 0 Å². The molecule has 146 valence electrons. The molecule has 1 aliphatic heterocycles. The number of aromatic nitrogens is 2. The zero-order valence-electron chi connectivity index (χ0n) is 15.2. The highest BCUT2D eigenvalue weighted by molar-refractivity contribution is 7.08. The molecule has 1 aromatic carbocycles. The number of amides is 1. The van der Waals surface area contributed by atoms with Crippen molar-refractivity contribution in [1.82, 2.24) is 15.0 Å². The van der Waals surface area contributed by atoms with Crippen molar-refractivity contribution in [3.8, 4) is 17.1 Å². The molecule has 1 unspecified atom stereocenters. The molecule has 0 saturated carbocycles. The molecule has 0 N–H and O–H groups in total. The molecule has 8 heteroatoms. The largest absolute Gasteiger partial charge is 0.484 e. The van der Waals surface area contributed by atoms with Crippen LogP contribution in [0.1, 0.15) is 18.7 Å². The summed E-state index contributed by atoms with van der Waals surface area (Å²) in [6.45, 7) is 1.46. The van der Waals surface area contributed by atoms with Gasteiger partial charge in [-0.2, -0.15) is 16.3 Å². The highest BCUT2D eigenvalue weighted by Crippen LogP contribution is 2.23. The van der Waals surface area contributed by atoms with Crippen molar-refractivity contribution in [3.05, 3.63) is 52.0 Å². The van der Waals surface area contributed by atoms with Gasteiger partial charge in [-0.15, -0.1) is 0 Å². The van der Waals surface area contributed by atoms with Crippen molar-refractivity contribution in [3.63, 3.8) is 0 Å². The average Bonchev–Trinajstić information content (AvgIpc) is 3.39. The molecule has 0 bridgehead atoms. The fourth-order valence-electron chi connectivity index (χ4n) is 3.32. The number of piperidine rings is 1. The van der Waals surface area contributed by atoms with Gasteiger partial charge < -0.3 is 14.2 Å². The van der Waals surface area contributed by atoms with Crippen LogP contribution in [-0.4, -0.2) is 40.6 Å². The van der Waals surface area contributed by atoms with Crippen LogP contribution < -0.4 is 4.74 Å². The Balaban J connectivity index is 1.30. The van der Waals surface area contributed by atoms with Crippen LogP contribution in [0.15, 0.2) is 45.6 Å². The molecular weight excluding hydrogens is 398 g/mol. The molecule has 0 spiro atoms. The molecule has 1 atom stereocenters. The predicted octanol–water partition coefficient (Wildman–Crippen LogP) is 4.31. The standard InChI is InChI=1S/C20H20ClN3O3S/c21-16-3-5-17(6-4-16)26-12-19(25)24-8-1-2-14(11-24)10-18-22-20(23-27-18)15-7-9-28-13-15/h3-7,9,13-14H,1-2,8,10-12H2. The first-order valence-electron chi connectivity index (χ1n) is 9.18. The number of carbonyl (C=O) groups excluding carboxylic acids is 1. The van der Waals surface area contributed by atoms with Gasteiger partial charge in [-0.3, -0.25) is 4.79 Å². The highest BCUT2D eigenvalue weighted by Gasteiger charge is 2.25. The first kappa shape index (κ1) is 19.0. The Bertz CT molecular complexity index is 911. The van der Waals surface area contributed by atoms with Crippen LogP contribution in [0.2, 0.25) is 5.02 Å². The van der Waals surface area contributed by atoms with Gasteiger partial charge >= 0.3 is 0 Å². The number of likely N-dealkylation sites (tertiary alicyclic amines) is 1. The lowest BCUT2D eigenvalue weighted by Crippen LogP contribution is -2.42. The first-order valence-corrected chi connectivity index (χ1v) is 10.5. The fraction of sp³-hybridized carbons (Fsp3) is 0.350. The summed E-state index contributed by atoms with van der Waals surface area (Å²) in [6.07, 6.45) is 2.68. The normalized spacial score (nSPS) is 16.9. The van der Waals surface area contributed by atoms with E-state index in [9.17, 15) is 4.79 Å². The molecule has 1 saturated heterocycles. The van der Waals surface area contributed by atoms with E-state index in [0.717, 1.165) is 24.9 Å². The van der Waals surface area contributed by atoms with E-state index >= 15 is 0 Å². The van der Waals surface area contributed by atoms with Gasteiger partial charge in [0.25, 0.3) is 5.91 Å². The van der Waals surface area contributed by atoms with Crippen molar-refractivity contribution < 1.29 is 14.1 Å². The van der Waals surface area contributed by atoms with Crippen LogP contribution in [-0.2, 0) is 11.2 Å². The van der Waals surface area contributed by atoms with E-state index in [4.69, 9.17) is 20.9 Å². The van der Waals surface area contributed by atoms with Crippen molar-refractivity contribution in [2.45, 2.75) is 19.3 Å². The quantitative estimate of drug-likeness (QED) is 0.597. The first-order chi connectivity index (χ1) is 13.7. The molecule has 2 aromatic heterocycles. The summed E-state index contributed by atoms with van der Waals surface area (Å²) in [7, 11) is 0. The van der Waals surface area contributed by atoms with Crippen LogP contribution in [0.4, 0.5) is 0 Å². The molecule has 3 aromatic rings. The van der Waals surface area contributed by atoms with Crippen LogP contribution in [0.3, 0.4) is 0 Å². The maximum Gasteiger partial charge on any atom is 0.260 e. The van der Waals surface area contributed by atoms with Gasteiger partial charge in [-0.1, -0.05) is 16.8 Å². The summed E-state index contributed by atoms with van der Waals surface area (Å²) in [5.41, 5.74) is 0.972. The number of ether oxygens (including phenoxy) is 1. The number of thiophene rings is 1. The molecule has 1 fully saturated rings. The fourth-order valence-corrected chi connectivity index (χ4v) is 4.08. The Morgan fingerprint density at radius 2 is 2.18 bits per heavy atom. The van der Waals surface area contributed by atoms with E-state index in [1.54, 1.807) is 35.6 Å². The molecule has 6 nitrogen and oxygen atoms in total. The van der Waals surface area contributed by atoms with Gasteiger partial charge in [0.1, 0.15) is 5.75 Å². The smallest absolute Gasteiger partial charge is 0.260 e. The molecule has 4 rings (SSSR count). The summed E-state index contributed by atoms with van der Waals surface area (Å²) in [6, 6.07) is 8.98. The Hall–Kier alpha value is -2.38. The van der Waals surface area contributed by atoms with E-state index in [1.165, 1.54) is 0 Å². The van der Waals surface area contributed by atoms with Crippen molar-refractivity contribution in [2.75, 3.05) is 19.7 Å². The summed E-state index contributed by atoms with van der Waals surface area (Å²) < 4.78 is 11.0. The SMILES string of the molecule is O=C(COc1ccc(Cl)cc1)N1CCCC(Cc2nc(-c3ccsc3)no2)C1. The molecule has 3 heterocycles. The average molecular weight is 418 g/mol. The zero-order valence-corrected chi connectivity index (χ0v) is 16.8. The lowest BCUT2D eigenvalue weighted by molar-refractivity contribution is -0.135. The number of hydrogen-bond acceptors (Lipinski definition) is 6. The minimum atomic E-state index is -0.0101. The topological polar surface area (TPSA) is 68.5 Å². The monoisotopic (exact) mass is 417 g/mol. The number of nitrogens with zero attached hydrogens (tertiary/aromatic N) is 3. The van der Waals surface area contributed by atoms with E-state index < -0.39 is 0 Å². The summed E-state index contributed by atoms with van der Waals surface area (Å²) >= 11 is 7.46. The van der Waals surface area contributed by atoms with Crippen LogP contribution in [0.25, 0.3) is 11.4 Å². The number of carbonyl (C=O) groups is 1. The Labute approximate surface area is 172 Å². The van der Waals surface area contributed by atoms with E-state index in [0.29, 0.717) is 41.4 Å². The third kappa shape index (κ3) is 4.72. The minimum Gasteiger partial charge on any atom is -0.484 e. The third-order valence-electron chi connectivity index (χ3n) is 4.76. The summed E-state index contributed by atoms with van der Waals surface area (Å²) in [5, 5.41) is 8.68. The second-order valence-corrected chi connectivity index (χ2v) is 8.03. The van der Waals surface area contributed by atoms with Crippen LogP contribution >= 0.6 is 22.9 Å². The maximum atomic E-state index is 12.5. The third-order valence-corrected chi connectivity index (χ3v) is 5.69. The lowest BCUT2D eigenvalue weighted by atomic mass is 9.95. The Morgan fingerprint density at radius 1 is 1.32 bits per heavy atom. The van der Waals surface area contributed by atoms with Gasteiger partial charge in [0.15, 0.2) is 6.61 Å². The molecule has 0 radical (unpaired) electrons. The Morgan fingerprint density at radius 3 is 2.96 bits per heavy atom. The highest BCUT2D eigenvalue weighted by atomic mass is 35.5. The summed E-state index contributed by atoms with van der Waals surface area (Å²) in [4.78, 5) is 18.9. The zero-order chi connectivity index (χ0) is 19.3. The molecular formula is C20H20ClN3O3S. The number of hydrogen-bond donors (Lipinski definition) is 0. The number of benzene rings is 1. The molecule has 1 amide bonds. The number of halogens is 1. The molecule has 0 aliphatic carbocycles. The molecule has 1 aliphatic rings. The van der Waals surface area contributed by atoms with Gasteiger partial charge in [0.2, 0.25) is 11.7 Å². The van der Waals surface area contributed by atoms with E-state index in [1.807, 2.05) is 21.7 Å².